The molecule has 142 valence electrons. The Hall–Kier alpha value is -3.16. The second kappa shape index (κ2) is 8.48. The van der Waals surface area contributed by atoms with E-state index < -0.39 is 4.92 Å². The van der Waals surface area contributed by atoms with Crippen LogP contribution in [0, 0.1) is 15.9 Å². The number of nitro groups is 1. The Morgan fingerprint density at radius 2 is 1.81 bits per heavy atom. The Kier molecular flexibility index (Phi) is 5.85. The van der Waals surface area contributed by atoms with Crippen LogP contribution in [0.15, 0.2) is 53.5 Å². The molecule has 0 radical (unpaired) electrons. The molecule has 0 bridgehead atoms. The van der Waals surface area contributed by atoms with Gasteiger partial charge in [-0.25, -0.2) is 4.39 Å². The van der Waals surface area contributed by atoms with Gasteiger partial charge in [0.2, 0.25) is 0 Å². The van der Waals surface area contributed by atoms with Crippen LogP contribution in [0.5, 0.6) is 0 Å². The molecular formula is C19H22FN5O2. The molecule has 0 aliphatic carbocycles. The summed E-state index contributed by atoms with van der Waals surface area (Å²) in [7, 11) is 1.72. The molecule has 0 aromatic heterocycles. The van der Waals surface area contributed by atoms with Crippen LogP contribution in [0.3, 0.4) is 0 Å². The Balaban J connectivity index is 1.55. The number of anilines is 1. The van der Waals surface area contributed by atoms with E-state index in [4.69, 9.17) is 0 Å². The molecule has 8 heteroatoms. The zero-order chi connectivity index (χ0) is 19.2. The van der Waals surface area contributed by atoms with Crippen LogP contribution >= 0.6 is 0 Å². The smallest absolute Gasteiger partial charge is 0.269 e. The highest BCUT2D eigenvalue weighted by Crippen LogP contribution is 2.20. The van der Waals surface area contributed by atoms with Crippen molar-refractivity contribution in [2.45, 2.75) is 6.54 Å². The highest BCUT2D eigenvalue weighted by atomic mass is 19.1. The van der Waals surface area contributed by atoms with Crippen molar-refractivity contribution in [3.63, 3.8) is 0 Å². The van der Waals surface area contributed by atoms with E-state index in [-0.39, 0.29) is 11.5 Å². The van der Waals surface area contributed by atoms with E-state index >= 15 is 0 Å². The lowest BCUT2D eigenvalue weighted by atomic mass is 10.2. The van der Waals surface area contributed by atoms with Gasteiger partial charge in [0.05, 0.1) is 10.6 Å². The molecule has 0 spiro atoms. The fourth-order valence-corrected chi connectivity index (χ4v) is 3.12. The SMILES string of the molecule is CN=C(NCc1ccc([N+](=O)[O-])cc1)N1CCN(c2ccccc2F)CC1. The van der Waals surface area contributed by atoms with E-state index in [1.807, 2.05) is 11.0 Å². The number of guanidine groups is 1. The third-order valence-corrected chi connectivity index (χ3v) is 4.58. The van der Waals surface area contributed by atoms with E-state index in [0.29, 0.717) is 25.3 Å². The van der Waals surface area contributed by atoms with Gasteiger partial charge in [0.25, 0.3) is 5.69 Å². The molecule has 0 amide bonds. The van der Waals surface area contributed by atoms with Crippen molar-refractivity contribution in [3.8, 4) is 0 Å². The van der Waals surface area contributed by atoms with Gasteiger partial charge >= 0.3 is 0 Å². The fraction of sp³-hybridized carbons (Fsp3) is 0.316. The number of nitrogens with one attached hydrogen (secondary N) is 1. The Morgan fingerprint density at radius 3 is 2.41 bits per heavy atom. The molecule has 7 nitrogen and oxygen atoms in total. The lowest BCUT2D eigenvalue weighted by molar-refractivity contribution is -0.384. The monoisotopic (exact) mass is 371 g/mol. The number of nitrogens with zero attached hydrogens (tertiary/aromatic N) is 4. The normalized spacial score (nSPS) is 15.0. The summed E-state index contributed by atoms with van der Waals surface area (Å²) < 4.78 is 13.9. The zero-order valence-corrected chi connectivity index (χ0v) is 15.1. The quantitative estimate of drug-likeness (QED) is 0.387. The Labute approximate surface area is 157 Å². The van der Waals surface area contributed by atoms with Crippen molar-refractivity contribution in [1.29, 1.82) is 0 Å². The molecule has 1 aliphatic rings. The molecule has 3 rings (SSSR count). The summed E-state index contributed by atoms with van der Waals surface area (Å²) in [6.45, 7) is 3.40. The first-order chi connectivity index (χ1) is 13.1. The average molecular weight is 371 g/mol. The number of halogens is 1. The van der Waals surface area contributed by atoms with Crippen LogP contribution in [-0.2, 0) is 6.54 Å². The minimum Gasteiger partial charge on any atom is -0.366 e. The van der Waals surface area contributed by atoms with Gasteiger partial charge in [-0.05, 0) is 17.7 Å². The molecule has 0 saturated carbocycles. The summed E-state index contributed by atoms with van der Waals surface area (Å²) >= 11 is 0. The van der Waals surface area contributed by atoms with Gasteiger partial charge in [-0.3, -0.25) is 15.1 Å². The van der Waals surface area contributed by atoms with Crippen molar-refractivity contribution in [1.82, 2.24) is 10.2 Å². The van der Waals surface area contributed by atoms with Crippen LogP contribution in [0.25, 0.3) is 0 Å². The first-order valence-electron chi connectivity index (χ1n) is 8.77. The molecule has 2 aromatic carbocycles. The lowest BCUT2D eigenvalue weighted by Crippen LogP contribution is -2.52. The second-order valence-electron chi connectivity index (χ2n) is 6.25. The van der Waals surface area contributed by atoms with E-state index in [2.05, 4.69) is 15.2 Å². The van der Waals surface area contributed by atoms with Gasteiger partial charge in [0.15, 0.2) is 5.96 Å². The maximum absolute atomic E-state index is 13.9. The molecule has 0 atom stereocenters. The topological polar surface area (TPSA) is 74.0 Å². The number of nitro benzene ring substituents is 1. The number of non-ortho nitro benzene ring substituents is 1. The van der Waals surface area contributed by atoms with Crippen LogP contribution in [0.4, 0.5) is 15.8 Å². The molecule has 1 heterocycles. The molecule has 1 N–H and O–H groups in total. The van der Waals surface area contributed by atoms with Gasteiger partial charge in [-0.2, -0.15) is 0 Å². The highest BCUT2D eigenvalue weighted by Gasteiger charge is 2.21. The highest BCUT2D eigenvalue weighted by molar-refractivity contribution is 5.80. The van der Waals surface area contributed by atoms with Gasteiger partial charge in [0.1, 0.15) is 5.82 Å². The van der Waals surface area contributed by atoms with Crippen LogP contribution in [0.2, 0.25) is 0 Å². The van der Waals surface area contributed by atoms with Gasteiger partial charge in [-0.15, -0.1) is 0 Å². The molecule has 1 aliphatic heterocycles. The van der Waals surface area contributed by atoms with Crippen molar-refractivity contribution in [2.24, 2.45) is 4.99 Å². The van der Waals surface area contributed by atoms with Crippen molar-refractivity contribution >= 4 is 17.3 Å². The average Bonchev–Trinajstić information content (AvgIpc) is 2.70. The predicted octanol–water partition coefficient (Wildman–Crippen LogP) is 2.63. The van der Waals surface area contributed by atoms with Crippen LogP contribution in [-0.4, -0.2) is 49.0 Å². The van der Waals surface area contributed by atoms with E-state index in [9.17, 15) is 14.5 Å². The standard InChI is InChI=1S/C19H22FN5O2/c1-21-19(22-14-15-6-8-16(9-7-15)25(26)27)24-12-10-23(11-13-24)18-5-3-2-4-17(18)20/h2-9H,10-14H2,1H3,(H,21,22). The fourth-order valence-electron chi connectivity index (χ4n) is 3.12. The summed E-state index contributed by atoms with van der Waals surface area (Å²) in [4.78, 5) is 18.8. The summed E-state index contributed by atoms with van der Waals surface area (Å²) in [5.74, 6) is 0.563. The second-order valence-corrected chi connectivity index (χ2v) is 6.25. The molecular weight excluding hydrogens is 349 g/mol. The number of aliphatic imine (C=N–C) groups is 1. The summed E-state index contributed by atoms with van der Waals surface area (Å²) in [6.07, 6.45) is 0. The lowest BCUT2D eigenvalue weighted by Gasteiger charge is -2.37. The van der Waals surface area contributed by atoms with Crippen LogP contribution in [0.1, 0.15) is 5.56 Å². The zero-order valence-electron chi connectivity index (χ0n) is 15.1. The Morgan fingerprint density at radius 1 is 1.15 bits per heavy atom. The van der Waals surface area contributed by atoms with Gasteiger partial charge < -0.3 is 15.1 Å². The minimum atomic E-state index is -0.412. The predicted molar refractivity (Wildman–Crippen MR) is 103 cm³/mol. The number of hydrogen-bond donors (Lipinski definition) is 1. The summed E-state index contributed by atoms with van der Waals surface area (Å²) in [5.41, 5.74) is 1.64. The summed E-state index contributed by atoms with van der Waals surface area (Å²) in [6, 6.07) is 13.3. The molecule has 1 fully saturated rings. The third-order valence-electron chi connectivity index (χ3n) is 4.58. The summed E-state index contributed by atoms with van der Waals surface area (Å²) in [5, 5.41) is 14.0. The molecule has 27 heavy (non-hydrogen) atoms. The van der Waals surface area contributed by atoms with E-state index in [1.54, 1.807) is 31.3 Å². The largest absolute Gasteiger partial charge is 0.366 e. The molecule has 1 saturated heterocycles. The number of rotatable bonds is 4. The first-order valence-corrected chi connectivity index (χ1v) is 8.77. The van der Waals surface area contributed by atoms with E-state index in [0.717, 1.165) is 24.6 Å². The van der Waals surface area contributed by atoms with Crippen molar-refractivity contribution in [2.75, 3.05) is 38.1 Å². The third kappa shape index (κ3) is 4.52. The molecule has 2 aromatic rings. The number of benzene rings is 2. The molecule has 0 unspecified atom stereocenters. The maximum atomic E-state index is 13.9. The number of piperazine rings is 1. The first kappa shape index (κ1) is 18.6. The van der Waals surface area contributed by atoms with Crippen LogP contribution < -0.4 is 10.2 Å². The minimum absolute atomic E-state index is 0.0763. The number of hydrogen-bond acceptors (Lipinski definition) is 4. The Bertz CT molecular complexity index is 817. The van der Waals surface area contributed by atoms with Crippen molar-refractivity contribution in [3.05, 3.63) is 70.0 Å². The van der Waals surface area contributed by atoms with Crippen molar-refractivity contribution < 1.29 is 9.31 Å². The van der Waals surface area contributed by atoms with Gasteiger partial charge in [-0.1, -0.05) is 24.3 Å². The van der Waals surface area contributed by atoms with E-state index in [1.165, 1.54) is 18.2 Å². The van der Waals surface area contributed by atoms with Gasteiger partial charge in [0, 0.05) is 51.9 Å². The maximum Gasteiger partial charge on any atom is 0.269 e. The number of para-hydroxylation sites is 1.